The Morgan fingerprint density at radius 1 is 1.09 bits per heavy atom. The van der Waals surface area contributed by atoms with E-state index in [4.69, 9.17) is 9.47 Å². The molecule has 9 heteroatoms. The zero-order valence-electron chi connectivity index (χ0n) is 19.7. The quantitative estimate of drug-likeness (QED) is 0.375. The Hall–Kier alpha value is -4.24. The van der Waals surface area contributed by atoms with Crippen LogP contribution in [0.5, 0.6) is 5.75 Å². The second-order valence-electron chi connectivity index (χ2n) is 8.51. The maximum Gasteiger partial charge on any atom is 0.328 e. The standard InChI is InChI=1S/C26H26N4O5/c1-26(2,33)23-11-7-10-19(27-23)25(32)28-21-12-18-14-30(29-20(18)13-22(21)34-3)15-24(31)35-16-17-8-5-4-6-9-17/h4-14,33H,15-16H2,1-3H3,(H,28,32). The number of carbonyl (C=O) groups is 2. The summed E-state index contributed by atoms with van der Waals surface area (Å²) in [6.07, 6.45) is 1.70. The minimum atomic E-state index is -1.18. The highest BCUT2D eigenvalue weighted by Gasteiger charge is 2.20. The zero-order chi connectivity index (χ0) is 25.0. The summed E-state index contributed by atoms with van der Waals surface area (Å²) in [4.78, 5) is 29.4. The summed E-state index contributed by atoms with van der Waals surface area (Å²) >= 11 is 0. The molecule has 4 rings (SSSR count). The number of methoxy groups -OCH3 is 1. The molecule has 0 saturated carbocycles. The molecule has 0 aliphatic rings. The van der Waals surface area contributed by atoms with E-state index in [1.165, 1.54) is 11.8 Å². The molecule has 1 amide bonds. The number of hydrogen-bond acceptors (Lipinski definition) is 7. The third-order valence-electron chi connectivity index (χ3n) is 5.26. The number of rotatable bonds is 8. The van der Waals surface area contributed by atoms with Crippen LogP contribution in [0.2, 0.25) is 0 Å². The van der Waals surface area contributed by atoms with Crippen molar-refractivity contribution in [2.24, 2.45) is 0 Å². The lowest BCUT2D eigenvalue weighted by Gasteiger charge is -2.17. The normalized spacial score (nSPS) is 11.3. The largest absolute Gasteiger partial charge is 0.494 e. The predicted octanol–water partition coefficient (Wildman–Crippen LogP) is 3.66. The number of nitrogens with one attached hydrogen (secondary N) is 1. The third kappa shape index (κ3) is 5.82. The van der Waals surface area contributed by atoms with Gasteiger partial charge in [0.2, 0.25) is 0 Å². The average Bonchev–Trinajstić information content (AvgIpc) is 3.23. The van der Waals surface area contributed by atoms with Gasteiger partial charge in [0.15, 0.2) is 0 Å². The molecule has 2 N–H and O–H groups in total. The Morgan fingerprint density at radius 2 is 1.86 bits per heavy atom. The van der Waals surface area contributed by atoms with Crippen molar-refractivity contribution < 1.29 is 24.2 Å². The van der Waals surface area contributed by atoms with Gasteiger partial charge in [-0.3, -0.25) is 14.3 Å². The van der Waals surface area contributed by atoms with Gasteiger partial charge in [-0.2, -0.15) is 5.10 Å². The van der Waals surface area contributed by atoms with E-state index in [0.29, 0.717) is 28.0 Å². The Labute approximate surface area is 202 Å². The lowest BCUT2D eigenvalue weighted by molar-refractivity contribution is -0.145. The first-order valence-electron chi connectivity index (χ1n) is 11.0. The summed E-state index contributed by atoms with van der Waals surface area (Å²) in [6.45, 7) is 3.33. The second kappa shape index (κ2) is 9.94. The van der Waals surface area contributed by atoms with E-state index in [9.17, 15) is 14.7 Å². The van der Waals surface area contributed by atoms with Gasteiger partial charge in [0.1, 0.15) is 30.2 Å². The van der Waals surface area contributed by atoms with Crippen molar-refractivity contribution in [3.8, 4) is 5.75 Å². The fourth-order valence-corrected chi connectivity index (χ4v) is 3.46. The number of nitrogens with zero attached hydrogens (tertiary/aromatic N) is 3. The van der Waals surface area contributed by atoms with E-state index in [2.05, 4.69) is 15.4 Å². The van der Waals surface area contributed by atoms with E-state index >= 15 is 0 Å². The number of anilines is 1. The van der Waals surface area contributed by atoms with Crippen LogP contribution in [0.1, 0.15) is 35.6 Å². The monoisotopic (exact) mass is 474 g/mol. The van der Waals surface area contributed by atoms with Crippen molar-refractivity contribution in [1.29, 1.82) is 0 Å². The first kappa shape index (κ1) is 23.9. The number of benzene rings is 2. The molecule has 0 unspecified atom stereocenters. The smallest absolute Gasteiger partial charge is 0.328 e. The van der Waals surface area contributed by atoms with E-state index in [1.807, 2.05) is 30.3 Å². The van der Waals surface area contributed by atoms with Gasteiger partial charge in [-0.15, -0.1) is 0 Å². The second-order valence-corrected chi connectivity index (χ2v) is 8.51. The van der Waals surface area contributed by atoms with E-state index in [1.54, 1.807) is 50.4 Å². The highest BCUT2D eigenvalue weighted by molar-refractivity contribution is 6.05. The van der Waals surface area contributed by atoms with Crippen molar-refractivity contribution in [2.45, 2.75) is 32.6 Å². The molecule has 0 radical (unpaired) electrons. The topological polar surface area (TPSA) is 116 Å². The van der Waals surface area contributed by atoms with Crippen LogP contribution in [-0.2, 0) is 28.3 Å². The third-order valence-corrected chi connectivity index (χ3v) is 5.26. The van der Waals surface area contributed by atoms with E-state index in [0.717, 1.165) is 5.56 Å². The molecule has 2 aromatic heterocycles. The van der Waals surface area contributed by atoms with Gasteiger partial charge < -0.3 is 19.9 Å². The molecule has 0 spiro atoms. The van der Waals surface area contributed by atoms with Crippen molar-refractivity contribution in [2.75, 3.05) is 12.4 Å². The summed E-state index contributed by atoms with van der Waals surface area (Å²) < 4.78 is 12.2. The number of ether oxygens (including phenoxy) is 2. The van der Waals surface area contributed by atoms with Gasteiger partial charge in [0.05, 0.1) is 24.0 Å². The van der Waals surface area contributed by atoms with Gasteiger partial charge in [-0.05, 0) is 37.6 Å². The number of esters is 1. The maximum atomic E-state index is 12.8. The molecule has 4 aromatic rings. The zero-order valence-corrected chi connectivity index (χ0v) is 19.7. The Kier molecular flexibility index (Phi) is 6.79. The number of aromatic nitrogens is 3. The van der Waals surface area contributed by atoms with Crippen molar-refractivity contribution in [3.63, 3.8) is 0 Å². The molecule has 35 heavy (non-hydrogen) atoms. The highest BCUT2D eigenvalue weighted by Crippen LogP contribution is 2.30. The van der Waals surface area contributed by atoms with Crippen LogP contribution in [0.4, 0.5) is 5.69 Å². The van der Waals surface area contributed by atoms with Crippen molar-refractivity contribution >= 4 is 28.5 Å². The molecule has 0 saturated heterocycles. The first-order chi connectivity index (χ1) is 16.7. The fourth-order valence-electron chi connectivity index (χ4n) is 3.46. The van der Waals surface area contributed by atoms with Gasteiger partial charge in [-0.1, -0.05) is 36.4 Å². The number of aliphatic hydroxyl groups is 1. The first-order valence-corrected chi connectivity index (χ1v) is 11.0. The molecular formula is C26H26N4O5. The predicted molar refractivity (Wildman–Crippen MR) is 130 cm³/mol. The number of carbonyl (C=O) groups excluding carboxylic acids is 2. The number of pyridine rings is 1. The molecule has 0 aliphatic carbocycles. The Balaban J connectivity index is 1.49. The Morgan fingerprint density at radius 3 is 2.57 bits per heavy atom. The molecule has 0 atom stereocenters. The lowest BCUT2D eigenvalue weighted by Crippen LogP contribution is -2.21. The summed E-state index contributed by atoms with van der Waals surface area (Å²) in [5.41, 5.74) is 1.28. The van der Waals surface area contributed by atoms with E-state index < -0.39 is 17.5 Å². The van der Waals surface area contributed by atoms with Gasteiger partial charge in [-0.25, -0.2) is 4.98 Å². The Bertz CT molecular complexity index is 1360. The minimum Gasteiger partial charge on any atom is -0.494 e. The summed E-state index contributed by atoms with van der Waals surface area (Å²) in [6, 6.07) is 17.7. The maximum absolute atomic E-state index is 12.8. The number of amides is 1. The van der Waals surface area contributed by atoms with Gasteiger partial charge in [0.25, 0.3) is 5.91 Å². The number of fused-ring (bicyclic) bond motifs is 1. The van der Waals surface area contributed by atoms with Gasteiger partial charge >= 0.3 is 5.97 Å². The van der Waals surface area contributed by atoms with Crippen LogP contribution in [0.15, 0.2) is 66.9 Å². The molecule has 9 nitrogen and oxygen atoms in total. The lowest BCUT2D eigenvalue weighted by atomic mass is 10.0. The highest BCUT2D eigenvalue weighted by atomic mass is 16.5. The van der Waals surface area contributed by atoms with Crippen LogP contribution in [-0.4, -0.2) is 38.9 Å². The van der Waals surface area contributed by atoms with Gasteiger partial charge in [0, 0.05) is 17.6 Å². The van der Waals surface area contributed by atoms with Crippen LogP contribution in [0.25, 0.3) is 10.9 Å². The number of hydrogen-bond donors (Lipinski definition) is 2. The van der Waals surface area contributed by atoms with Crippen LogP contribution < -0.4 is 10.1 Å². The van der Waals surface area contributed by atoms with Crippen LogP contribution in [0, 0.1) is 0 Å². The minimum absolute atomic E-state index is 0.0564. The molecule has 0 bridgehead atoms. The molecule has 0 fully saturated rings. The van der Waals surface area contributed by atoms with E-state index in [-0.39, 0.29) is 18.8 Å². The average molecular weight is 475 g/mol. The van der Waals surface area contributed by atoms with Crippen LogP contribution in [0.3, 0.4) is 0 Å². The SMILES string of the molecule is COc1cc2nn(CC(=O)OCc3ccccc3)cc2cc1NC(=O)c1cccc(C(C)(C)O)n1. The van der Waals surface area contributed by atoms with Crippen LogP contribution >= 0.6 is 0 Å². The van der Waals surface area contributed by atoms with Crippen molar-refractivity contribution in [1.82, 2.24) is 14.8 Å². The molecule has 2 heterocycles. The molecule has 0 aliphatic heterocycles. The summed E-state index contributed by atoms with van der Waals surface area (Å²) in [7, 11) is 1.49. The molecule has 180 valence electrons. The fraction of sp³-hybridized carbons (Fsp3) is 0.231. The molecule has 2 aromatic carbocycles. The van der Waals surface area contributed by atoms with Crippen molar-refractivity contribution in [3.05, 3.63) is 83.8 Å². The summed E-state index contributed by atoms with van der Waals surface area (Å²) in [5.74, 6) is -0.466. The summed E-state index contributed by atoms with van der Waals surface area (Å²) in [5, 5.41) is 18.1. The molecular weight excluding hydrogens is 448 g/mol.